The summed E-state index contributed by atoms with van der Waals surface area (Å²) in [5.74, 6) is 0.453. The summed E-state index contributed by atoms with van der Waals surface area (Å²) in [7, 11) is 0. The molecule has 0 aliphatic heterocycles. The van der Waals surface area contributed by atoms with Crippen molar-refractivity contribution in [1.82, 2.24) is 9.97 Å². The fraction of sp³-hybridized carbons (Fsp3) is 0.385. The van der Waals surface area contributed by atoms with E-state index in [9.17, 15) is 4.79 Å². The van der Waals surface area contributed by atoms with Crippen LogP contribution in [0.2, 0.25) is 0 Å². The Bertz CT molecular complexity index is 570. The van der Waals surface area contributed by atoms with Crippen molar-refractivity contribution in [1.29, 1.82) is 0 Å². The molecule has 0 bridgehead atoms. The Hall–Kier alpha value is -1.64. The van der Waals surface area contributed by atoms with Crippen molar-refractivity contribution in [3.8, 4) is 0 Å². The minimum atomic E-state index is -0.0280. The SMILES string of the molecule is CCc1cc2cc(C(C)C)cnc2[nH]c1=O. The monoisotopic (exact) mass is 216 g/mol. The average Bonchev–Trinajstić information content (AvgIpc) is 2.27. The molecule has 0 spiro atoms. The largest absolute Gasteiger partial charge is 0.306 e. The molecular weight excluding hydrogens is 200 g/mol. The number of fused-ring (bicyclic) bond motifs is 1. The topological polar surface area (TPSA) is 45.8 Å². The lowest BCUT2D eigenvalue weighted by Gasteiger charge is -2.06. The number of nitrogens with one attached hydrogen (secondary N) is 1. The van der Waals surface area contributed by atoms with E-state index in [4.69, 9.17) is 0 Å². The molecule has 0 saturated heterocycles. The van der Waals surface area contributed by atoms with Gasteiger partial charge >= 0.3 is 0 Å². The van der Waals surface area contributed by atoms with E-state index in [0.717, 1.165) is 17.4 Å². The summed E-state index contributed by atoms with van der Waals surface area (Å²) in [4.78, 5) is 18.7. The van der Waals surface area contributed by atoms with Crippen molar-refractivity contribution in [2.45, 2.75) is 33.1 Å². The Morgan fingerprint density at radius 3 is 2.75 bits per heavy atom. The van der Waals surface area contributed by atoms with Crippen LogP contribution in [0.15, 0.2) is 23.1 Å². The van der Waals surface area contributed by atoms with Gasteiger partial charge in [0.1, 0.15) is 5.65 Å². The van der Waals surface area contributed by atoms with Crippen molar-refractivity contribution in [2.24, 2.45) is 0 Å². The van der Waals surface area contributed by atoms with Gasteiger partial charge in [0.25, 0.3) is 5.56 Å². The number of nitrogens with zero attached hydrogens (tertiary/aromatic N) is 1. The van der Waals surface area contributed by atoms with E-state index in [1.807, 2.05) is 19.2 Å². The van der Waals surface area contributed by atoms with Crippen molar-refractivity contribution in [3.63, 3.8) is 0 Å². The van der Waals surface area contributed by atoms with Gasteiger partial charge in [-0.15, -0.1) is 0 Å². The molecule has 84 valence electrons. The van der Waals surface area contributed by atoms with E-state index in [0.29, 0.717) is 11.6 Å². The summed E-state index contributed by atoms with van der Waals surface area (Å²) in [5.41, 5.74) is 2.66. The van der Waals surface area contributed by atoms with Gasteiger partial charge in [0.05, 0.1) is 0 Å². The molecule has 3 nitrogen and oxygen atoms in total. The molecule has 16 heavy (non-hydrogen) atoms. The van der Waals surface area contributed by atoms with Gasteiger partial charge in [0, 0.05) is 17.1 Å². The van der Waals surface area contributed by atoms with Gasteiger partial charge in [0.2, 0.25) is 0 Å². The van der Waals surface area contributed by atoms with Crippen LogP contribution in [0.25, 0.3) is 11.0 Å². The maximum Gasteiger partial charge on any atom is 0.252 e. The Morgan fingerprint density at radius 1 is 1.38 bits per heavy atom. The number of pyridine rings is 2. The number of rotatable bonds is 2. The first-order valence-corrected chi connectivity index (χ1v) is 5.63. The standard InChI is InChI=1S/C13H16N2O/c1-4-9-5-10-6-11(8(2)3)7-14-12(10)15-13(9)16/h5-8H,4H2,1-3H3,(H,14,15,16). The fourth-order valence-electron chi connectivity index (χ4n) is 1.73. The number of aromatic amines is 1. The summed E-state index contributed by atoms with van der Waals surface area (Å²) >= 11 is 0. The van der Waals surface area contributed by atoms with Crippen molar-refractivity contribution >= 4 is 11.0 Å². The van der Waals surface area contributed by atoms with E-state index in [1.54, 1.807) is 0 Å². The van der Waals surface area contributed by atoms with Crippen LogP contribution in [0.1, 0.15) is 37.8 Å². The number of hydrogen-bond acceptors (Lipinski definition) is 2. The van der Waals surface area contributed by atoms with Crippen LogP contribution in [0.5, 0.6) is 0 Å². The second-order valence-electron chi connectivity index (χ2n) is 4.34. The highest BCUT2D eigenvalue weighted by Crippen LogP contribution is 2.17. The number of aryl methyl sites for hydroxylation is 1. The summed E-state index contributed by atoms with van der Waals surface area (Å²) in [6, 6.07) is 4.04. The summed E-state index contributed by atoms with van der Waals surface area (Å²) in [6.45, 7) is 6.25. The number of aromatic nitrogens is 2. The average molecular weight is 216 g/mol. The minimum Gasteiger partial charge on any atom is -0.306 e. The van der Waals surface area contributed by atoms with Gasteiger partial charge in [0.15, 0.2) is 0 Å². The third kappa shape index (κ3) is 1.85. The molecule has 2 aromatic rings. The molecule has 0 aliphatic rings. The Balaban J connectivity index is 2.68. The molecule has 0 aliphatic carbocycles. The Labute approximate surface area is 94.5 Å². The van der Waals surface area contributed by atoms with E-state index >= 15 is 0 Å². The van der Waals surface area contributed by atoms with Crippen molar-refractivity contribution in [3.05, 3.63) is 39.8 Å². The molecule has 0 saturated carbocycles. The Morgan fingerprint density at radius 2 is 2.12 bits per heavy atom. The first-order valence-electron chi connectivity index (χ1n) is 5.63. The molecule has 0 fully saturated rings. The zero-order chi connectivity index (χ0) is 11.7. The predicted octanol–water partition coefficient (Wildman–Crippen LogP) is 2.61. The fourth-order valence-corrected chi connectivity index (χ4v) is 1.73. The van der Waals surface area contributed by atoms with E-state index < -0.39 is 0 Å². The van der Waals surface area contributed by atoms with Crippen LogP contribution in [-0.2, 0) is 6.42 Å². The van der Waals surface area contributed by atoms with Crippen LogP contribution < -0.4 is 5.56 Å². The Kier molecular flexibility index (Phi) is 2.77. The first kappa shape index (κ1) is 10.9. The van der Waals surface area contributed by atoms with Crippen LogP contribution >= 0.6 is 0 Å². The summed E-state index contributed by atoms with van der Waals surface area (Å²) in [6.07, 6.45) is 2.58. The molecule has 0 unspecified atom stereocenters. The van der Waals surface area contributed by atoms with Crippen LogP contribution in [-0.4, -0.2) is 9.97 Å². The molecule has 0 radical (unpaired) electrons. The zero-order valence-corrected chi connectivity index (χ0v) is 9.87. The van der Waals surface area contributed by atoms with Gasteiger partial charge < -0.3 is 4.98 Å². The molecule has 0 amide bonds. The van der Waals surface area contributed by atoms with Gasteiger partial charge in [-0.05, 0) is 30.0 Å². The first-order chi connectivity index (χ1) is 7.61. The maximum absolute atomic E-state index is 11.6. The highest BCUT2D eigenvalue weighted by atomic mass is 16.1. The molecule has 0 atom stereocenters. The highest BCUT2D eigenvalue weighted by molar-refractivity contribution is 5.75. The normalized spacial score (nSPS) is 11.2. The predicted molar refractivity (Wildman–Crippen MR) is 65.8 cm³/mol. The van der Waals surface area contributed by atoms with Crippen LogP contribution in [0, 0.1) is 0 Å². The molecular formula is C13H16N2O. The smallest absolute Gasteiger partial charge is 0.252 e. The van der Waals surface area contributed by atoms with E-state index in [2.05, 4.69) is 29.9 Å². The second-order valence-corrected chi connectivity index (χ2v) is 4.34. The summed E-state index contributed by atoms with van der Waals surface area (Å²) < 4.78 is 0. The lowest BCUT2D eigenvalue weighted by molar-refractivity contribution is 0.861. The second kappa shape index (κ2) is 4.08. The van der Waals surface area contributed by atoms with E-state index in [1.165, 1.54) is 5.56 Å². The number of hydrogen-bond donors (Lipinski definition) is 1. The van der Waals surface area contributed by atoms with Crippen molar-refractivity contribution < 1.29 is 0 Å². The van der Waals surface area contributed by atoms with E-state index in [-0.39, 0.29) is 5.56 Å². The van der Waals surface area contributed by atoms with Gasteiger partial charge in [-0.1, -0.05) is 20.8 Å². The lowest BCUT2D eigenvalue weighted by atomic mass is 10.0. The quantitative estimate of drug-likeness (QED) is 0.838. The minimum absolute atomic E-state index is 0.0280. The third-order valence-electron chi connectivity index (χ3n) is 2.84. The lowest BCUT2D eigenvalue weighted by Crippen LogP contribution is -2.12. The molecule has 2 aromatic heterocycles. The third-order valence-corrected chi connectivity index (χ3v) is 2.84. The molecule has 2 rings (SSSR count). The van der Waals surface area contributed by atoms with Crippen LogP contribution in [0.4, 0.5) is 0 Å². The maximum atomic E-state index is 11.6. The highest BCUT2D eigenvalue weighted by Gasteiger charge is 2.05. The number of H-pyrrole nitrogens is 1. The van der Waals surface area contributed by atoms with Crippen LogP contribution in [0.3, 0.4) is 0 Å². The molecule has 3 heteroatoms. The van der Waals surface area contributed by atoms with Gasteiger partial charge in [-0.3, -0.25) is 4.79 Å². The molecule has 1 N–H and O–H groups in total. The zero-order valence-electron chi connectivity index (χ0n) is 9.87. The van der Waals surface area contributed by atoms with Gasteiger partial charge in [-0.25, -0.2) is 4.98 Å². The summed E-state index contributed by atoms with van der Waals surface area (Å²) in [5, 5.41) is 1.02. The van der Waals surface area contributed by atoms with Gasteiger partial charge in [-0.2, -0.15) is 0 Å². The molecule has 0 aromatic carbocycles. The van der Waals surface area contributed by atoms with Crippen molar-refractivity contribution in [2.75, 3.05) is 0 Å². The molecule has 2 heterocycles.